The highest BCUT2D eigenvalue weighted by atomic mass is 16.5. The molecule has 0 aromatic heterocycles. The summed E-state index contributed by atoms with van der Waals surface area (Å²) >= 11 is 0. The van der Waals surface area contributed by atoms with Gasteiger partial charge in [0.1, 0.15) is 6.10 Å². The molecule has 4 aliphatic carbocycles. The van der Waals surface area contributed by atoms with E-state index in [-0.39, 0.29) is 18.0 Å². The third-order valence-electron chi connectivity index (χ3n) is 9.87. The lowest BCUT2D eigenvalue weighted by Gasteiger charge is -2.37. The molecule has 0 heterocycles. The Hall–Kier alpha value is -0.790. The minimum atomic E-state index is 0.142. The maximum Gasteiger partial charge on any atom is 0.309 e. The van der Waals surface area contributed by atoms with E-state index in [0.29, 0.717) is 0 Å². The molecule has 0 radical (unpaired) electrons. The highest BCUT2D eigenvalue weighted by Crippen LogP contribution is 2.45. The molecule has 0 aromatic rings. The van der Waals surface area contributed by atoms with Crippen LogP contribution in [0.15, 0.2) is 12.7 Å². The molecule has 0 aromatic carbocycles. The van der Waals surface area contributed by atoms with Crippen molar-refractivity contribution in [3.8, 4) is 0 Å². The first kappa shape index (κ1) is 23.4. The Kier molecular flexibility index (Phi) is 8.57. The number of hydrogen-bond donors (Lipinski definition) is 0. The fourth-order valence-electron chi connectivity index (χ4n) is 7.83. The summed E-state index contributed by atoms with van der Waals surface area (Å²) in [5.74, 6) is 5.71. The minimum absolute atomic E-state index is 0.142. The molecule has 0 amide bonds. The normalized spacial score (nSPS) is 41.6. The van der Waals surface area contributed by atoms with E-state index in [1.54, 1.807) is 0 Å². The smallest absolute Gasteiger partial charge is 0.309 e. The van der Waals surface area contributed by atoms with Crippen molar-refractivity contribution in [1.82, 2.24) is 0 Å². The third-order valence-corrected chi connectivity index (χ3v) is 9.87. The van der Waals surface area contributed by atoms with E-state index in [1.807, 2.05) is 0 Å². The van der Waals surface area contributed by atoms with Gasteiger partial charge in [0.05, 0.1) is 5.92 Å². The summed E-state index contributed by atoms with van der Waals surface area (Å²) in [6.45, 7) is 6.31. The van der Waals surface area contributed by atoms with Gasteiger partial charge in [-0.2, -0.15) is 0 Å². The quantitative estimate of drug-likeness (QED) is 0.302. The van der Waals surface area contributed by atoms with Crippen molar-refractivity contribution < 1.29 is 9.53 Å². The molecule has 176 valence electrons. The van der Waals surface area contributed by atoms with Gasteiger partial charge in [0.2, 0.25) is 0 Å². The average Bonchev–Trinajstić information content (AvgIpc) is 3.29. The second-order valence-electron chi connectivity index (χ2n) is 11.7. The molecular formula is C29H48O2. The van der Waals surface area contributed by atoms with Crippen molar-refractivity contribution in [2.45, 2.75) is 122 Å². The molecule has 0 spiro atoms. The molecule has 0 saturated heterocycles. The van der Waals surface area contributed by atoms with Crippen LogP contribution in [0.4, 0.5) is 0 Å². The zero-order valence-corrected chi connectivity index (χ0v) is 20.2. The average molecular weight is 429 g/mol. The summed E-state index contributed by atoms with van der Waals surface area (Å²) < 4.78 is 6.06. The molecule has 0 N–H and O–H groups in total. The summed E-state index contributed by atoms with van der Waals surface area (Å²) in [6.07, 6.45) is 24.4. The lowest BCUT2D eigenvalue weighted by Crippen LogP contribution is -2.32. The van der Waals surface area contributed by atoms with E-state index in [4.69, 9.17) is 4.74 Å². The van der Waals surface area contributed by atoms with Gasteiger partial charge in [0.25, 0.3) is 0 Å². The van der Waals surface area contributed by atoms with Crippen LogP contribution in [0.25, 0.3) is 0 Å². The van der Waals surface area contributed by atoms with Crippen LogP contribution in [0, 0.1) is 41.4 Å². The molecule has 0 bridgehead atoms. The summed E-state index contributed by atoms with van der Waals surface area (Å²) in [5, 5.41) is 0. The van der Waals surface area contributed by atoms with E-state index < -0.39 is 0 Å². The number of hydrogen-bond acceptors (Lipinski definition) is 2. The summed E-state index contributed by atoms with van der Waals surface area (Å²) in [4.78, 5) is 12.9. The molecular weight excluding hydrogens is 380 g/mol. The Morgan fingerprint density at radius 1 is 0.774 bits per heavy atom. The van der Waals surface area contributed by atoms with Crippen LogP contribution in [-0.4, -0.2) is 12.1 Å². The van der Waals surface area contributed by atoms with Crippen LogP contribution in [-0.2, 0) is 9.53 Å². The number of carbonyl (C=O) groups excluding carboxylic acids is 1. The Morgan fingerprint density at radius 2 is 1.32 bits per heavy atom. The van der Waals surface area contributed by atoms with Crippen molar-refractivity contribution in [1.29, 1.82) is 0 Å². The van der Waals surface area contributed by atoms with Gasteiger partial charge in [-0.1, -0.05) is 32.3 Å². The fraction of sp³-hybridized carbons (Fsp3) is 0.897. The molecule has 2 nitrogen and oxygen atoms in total. The van der Waals surface area contributed by atoms with Crippen molar-refractivity contribution in [3.63, 3.8) is 0 Å². The summed E-state index contributed by atoms with van der Waals surface area (Å²) in [6, 6.07) is 0. The first-order chi connectivity index (χ1) is 15.2. The van der Waals surface area contributed by atoms with Crippen LogP contribution in [0.5, 0.6) is 0 Å². The van der Waals surface area contributed by atoms with Crippen molar-refractivity contribution >= 4 is 5.97 Å². The zero-order valence-electron chi connectivity index (χ0n) is 20.2. The molecule has 4 aliphatic rings. The Balaban J connectivity index is 1.13. The standard InChI is InChI=1S/C29H48O2/c1-3-5-22-8-11-27(20-22)25-12-14-26(15-13-25)29(30)31-28-18-16-24(17-19-28)23-9-6-21(4-2)7-10-23/h4,21-28H,2-3,5-20H2,1H3. The highest BCUT2D eigenvalue weighted by Gasteiger charge is 2.36. The van der Waals surface area contributed by atoms with E-state index in [1.165, 1.54) is 83.5 Å². The van der Waals surface area contributed by atoms with Crippen molar-refractivity contribution in [2.24, 2.45) is 41.4 Å². The number of esters is 1. The first-order valence-electron chi connectivity index (χ1n) is 14.0. The van der Waals surface area contributed by atoms with Crippen LogP contribution >= 0.6 is 0 Å². The van der Waals surface area contributed by atoms with Gasteiger partial charge in [-0.05, 0) is 125 Å². The van der Waals surface area contributed by atoms with Gasteiger partial charge in [-0.25, -0.2) is 0 Å². The molecule has 4 rings (SSSR count). The summed E-state index contributed by atoms with van der Waals surface area (Å²) in [5.41, 5.74) is 0. The van der Waals surface area contributed by atoms with E-state index in [9.17, 15) is 4.79 Å². The molecule has 4 saturated carbocycles. The van der Waals surface area contributed by atoms with Gasteiger partial charge < -0.3 is 4.74 Å². The van der Waals surface area contributed by atoms with Gasteiger partial charge in [-0.3, -0.25) is 4.79 Å². The highest BCUT2D eigenvalue weighted by molar-refractivity contribution is 5.72. The van der Waals surface area contributed by atoms with Crippen LogP contribution < -0.4 is 0 Å². The van der Waals surface area contributed by atoms with E-state index in [0.717, 1.165) is 61.2 Å². The number of rotatable bonds is 7. The largest absolute Gasteiger partial charge is 0.462 e. The van der Waals surface area contributed by atoms with E-state index in [2.05, 4.69) is 19.6 Å². The SMILES string of the molecule is C=CC1CCC(C2CCC(OC(=O)C3CCC(C4CCC(CCC)C4)CC3)CC2)CC1. The fourth-order valence-corrected chi connectivity index (χ4v) is 7.83. The molecule has 31 heavy (non-hydrogen) atoms. The lowest BCUT2D eigenvalue weighted by atomic mass is 9.70. The molecule has 2 unspecified atom stereocenters. The number of carbonyl (C=O) groups is 1. The van der Waals surface area contributed by atoms with Crippen molar-refractivity contribution in [2.75, 3.05) is 0 Å². The maximum atomic E-state index is 12.9. The number of ether oxygens (including phenoxy) is 1. The van der Waals surface area contributed by atoms with Crippen molar-refractivity contribution in [3.05, 3.63) is 12.7 Å². The molecule has 2 heteroatoms. The zero-order chi connectivity index (χ0) is 21.6. The number of allylic oxidation sites excluding steroid dienone is 1. The van der Waals surface area contributed by atoms with Crippen LogP contribution in [0.2, 0.25) is 0 Å². The van der Waals surface area contributed by atoms with E-state index >= 15 is 0 Å². The lowest BCUT2D eigenvalue weighted by molar-refractivity contribution is -0.157. The maximum absolute atomic E-state index is 12.9. The first-order valence-corrected chi connectivity index (χ1v) is 14.0. The molecule has 4 fully saturated rings. The Bertz CT molecular complexity index is 559. The topological polar surface area (TPSA) is 26.3 Å². The second-order valence-corrected chi connectivity index (χ2v) is 11.7. The molecule has 0 aliphatic heterocycles. The van der Waals surface area contributed by atoms with Gasteiger partial charge in [-0.15, -0.1) is 6.58 Å². The molecule has 2 atom stereocenters. The monoisotopic (exact) mass is 428 g/mol. The predicted octanol–water partition coefficient (Wildman–Crippen LogP) is 8.10. The third kappa shape index (κ3) is 6.17. The Morgan fingerprint density at radius 3 is 1.94 bits per heavy atom. The van der Waals surface area contributed by atoms with Crippen LogP contribution in [0.1, 0.15) is 116 Å². The Labute approximate surface area is 192 Å². The summed E-state index contributed by atoms with van der Waals surface area (Å²) in [7, 11) is 0. The minimum Gasteiger partial charge on any atom is -0.462 e. The van der Waals surface area contributed by atoms with Crippen LogP contribution in [0.3, 0.4) is 0 Å². The van der Waals surface area contributed by atoms with Gasteiger partial charge >= 0.3 is 5.97 Å². The predicted molar refractivity (Wildman–Crippen MR) is 129 cm³/mol. The van der Waals surface area contributed by atoms with Gasteiger partial charge in [0, 0.05) is 0 Å². The van der Waals surface area contributed by atoms with Gasteiger partial charge in [0.15, 0.2) is 0 Å². The second kappa shape index (κ2) is 11.4.